The van der Waals surface area contributed by atoms with Gasteiger partial charge in [-0.25, -0.2) is 4.79 Å². The van der Waals surface area contributed by atoms with Crippen molar-refractivity contribution in [1.29, 1.82) is 0 Å². The third kappa shape index (κ3) is 3.65. The van der Waals surface area contributed by atoms with Crippen LogP contribution in [0.25, 0.3) is 5.76 Å². The van der Waals surface area contributed by atoms with Crippen molar-refractivity contribution >= 4 is 48.4 Å². The van der Waals surface area contributed by atoms with Gasteiger partial charge in [-0.05, 0) is 58.8 Å². The summed E-state index contributed by atoms with van der Waals surface area (Å²) in [5, 5.41) is 11.2. The first-order valence-corrected chi connectivity index (χ1v) is 14.5. The van der Waals surface area contributed by atoms with Gasteiger partial charge in [0.2, 0.25) is 0 Å². The molecule has 32 heavy (non-hydrogen) atoms. The Balaban J connectivity index is 2.33. The van der Waals surface area contributed by atoms with Crippen LogP contribution in [0.1, 0.15) is 39.7 Å². The zero-order valence-electron chi connectivity index (χ0n) is 19.8. The highest BCUT2D eigenvalue weighted by atomic mass is 127. The van der Waals surface area contributed by atoms with Crippen LogP contribution in [0.4, 0.5) is 0 Å². The fraction of sp³-hybridized carbons (Fsp3) is 0.565. The Morgan fingerprint density at radius 1 is 1.28 bits per heavy atom. The Kier molecular flexibility index (Phi) is 6.51. The van der Waals surface area contributed by atoms with E-state index in [4.69, 9.17) is 18.6 Å². The van der Waals surface area contributed by atoms with Crippen molar-refractivity contribution in [3.05, 3.63) is 26.8 Å². The number of hydrogen-bond acceptors (Lipinski definition) is 7. The molecule has 1 aliphatic carbocycles. The molecule has 0 amide bonds. The summed E-state index contributed by atoms with van der Waals surface area (Å²) in [6.45, 7) is 12.3. The molecule has 1 N–H and O–H groups in total. The topological polar surface area (TPSA) is 91.3 Å². The van der Waals surface area contributed by atoms with E-state index in [1.165, 1.54) is 14.2 Å². The number of Topliss-reactive ketones (excluding diaryl/α,β-unsaturated/α-hetero) is 1. The lowest BCUT2D eigenvalue weighted by Gasteiger charge is -2.51. The number of aliphatic hydroxyl groups is 1. The number of carbonyl (C=O) groups is 2. The molecule has 1 aliphatic heterocycles. The predicted molar refractivity (Wildman–Crippen MR) is 131 cm³/mol. The van der Waals surface area contributed by atoms with Crippen LogP contribution in [-0.2, 0) is 18.8 Å². The summed E-state index contributed by atoms with van der Waals surface area (Å²) in [5.41, 5.74) is -1.78. The van der Waals surface area contributed by atoms with Crippen molar-refractivity contribution in [2.45, 2.75) is 64.0 Å². The van der Waals surface area contributed by atoms with Crippen molar-refractivity contribution in [1.82, 2.24) is 0 Å². The van der Waals surface area contributed by atoms with Crippen LogP contribution in [0, 0.1) is 9.49 Å². The molecular weight excluding hydrogens is 543 g/mol. The highest BCUT2D eigenvalue weighted by Crippen LogP contribution is 2.53. The number of hydrogen-bond donors (Lipinski definition) is 1. The van der Waals surface area contributed by atoms with E-state index in [9.17, 15) is 14.7 Å². The number of ketones is 1. The van der Waals surface area contributed by atoms with E-state index in [0.29, 0.717) is 5.75 Å². The van der Waals surface area contributed by atoms with Gasteiger partial charge in [0.25, 0.3) is 5.60 Å². The van der Waals surface area contributed by atoms with E-state index in [2.05, 4.69) is 56.5 Å². The lowest BCUT2D eigenvalue weighted by Crippen LogP contribution is -2.67. The molecule has 0 radical (unpaired) electrons. The third-order valence-corrected chi connectivity index (χ3v) is 12.1. The number of benzene rings is 1. The maximum absolute atomic E-state index is 13.4. The number of fused-ring (bicyclic) bond motifs is 2. The third-order valence-electron chi connectivity index (χ3n) is 6.81. The lowest BCUT2D eigenvalue weighted by molar-refractivity contribution is -0.172. The van der Waals surface area contributed by atoms with Crippen molar-refractivity contribution in [3.8, 4) is 11.5 Å². The molecule has 0 unspecified atom stereocenters. The van der Waals surface area contributed by atoms with Crippen molar-refractivity contribution in [2.24, 2.45) is 5.92 Å². The molecule has 7 nitrogen and oxygen atoms in total. The Hall–Kier alpha value is -1.59. The van der Waals surface area contributed by atoms with Crippen LogP contribution in [0.2, 0.25) is 18.1 Å². The number of methoxy groups -OCH3 is 2. The van der Waals surface area contributed by atoms with Gasteiger partial charge in [-0.1, -0.05) is 27.7 Å². The molecule has 1 saturated carbocycles. The van der Waals surface area contributed by atoms with Gasteiger partial charge in [-0.15, -0.1) is 0 Å². The molecule has 0 saturated heterocycles. The first-order chi connectivity index (χ1) is 14.7. The zero-order valence-corrected chi connectivity index (χ0v) is 22.9. The molecule has 1 fully saturated rings. The monoisotopic (exact) mass is 574 g/mol. The summed E-state index contributed by atoms with van der Waals surface area (Å²) in [6, 6.07) is 3.42. The average molecular weight is 574 g/mol. The summed E-state index contributed by atoms with van der Waals surface area (Å²) in [6.07, 6.45) is -0.702. The number of carbonyl (C=O) groups excluding carboxylic acids is 2. The van der Waals surface area contributed by atoms with Gasteiger partial charge in [0.15, 0.2) is 14.1 Å². The highest BCUT2D eigenvalue weighted by molar-refractivity contribution is 14.1. The molecule has 3 atom stereocenters. The molecule has 1 aromatic rings. The number of esters is 1. The number of rotatable bonds is 4. The summed E-state index contributed by atoms with van der Waals surface area (Å²) >= 11 is 2.08. The van der Waals surface area contributed by atoms with E-state index in [0.717, 1.165) is 3.57 Å². The van der Waals surface area contributed by atoms with E-state index in [1.807, 2.05) is 6.92 Å². The van der Waals surface area contributed by atoms with E-state index in [1.54, 1.807) is 12.1 Å². The van der Waals surface area contributed by atoms with Gasteiger partial charge < -0.3 is 23.7 Å². The maximum Gasteiger partial charge on any atom is 0.358 e. The van der Waals surface area contributed by atoms with E-state index in [-0.39, 0.29) is 45.8 Å². The normalized spacial score (nSPS) is 25.6. The van der Waals surface area contributed by atoms with Crippen molar-refractivity contribution in [3.63, 3.8) is 0 Å². The SMILES string of the molecule is COC(=O)[C@]12Oc3ccc(I)c(OC)c3C(O)=C1C(=O)C[C@@H](C)[C@H]2O[Si](C)(C)C(C)(C)C. The second kappa shape index (κ2) is 8.32. The maximum atomic E-state index is 13.4. The minimum absolute atomic E-state index is 0.113. The first kappa shape index (κ1) is 25.0. The Labute approximate surface area is 203 Å². The second-order valence-electron chi connectivity index (χ2n) is 9.91. The van der Waals surface area contributed by atoms with Crippen LogP contribution in [0.15, 0.2) is 17.7 Å². The van der Waals surface area contributed by atoms with Gasteiger partial charge >= 0.3 is 5.97 Å². The molecule has 0 aromatic heterocycles. The van der Waals surface area contributed by atoms with Crippen molar-refractivity contribution in [2.75, 3.05) is 14.2 Å². The molecule has 1 heterocycles. The summed E-state index contributed by atoms with van der Waals surface area (Å²) < 4.78 is 24.5. The smallest absolute Gasteiger partial charge is 0.358 e. The summed E-state index contributed by atoms with van der Waals surface area (Å²) in [7, 11) is 0.313. The quantitative estimate of drug-likeness (QED) is 0.312. The van der Waals surface area contributed by atoms with Crippen LogP contribution in [-0.4, -0.2) is 51.1 Å². The summed E-state index contributed by atoms with van der Waals surface area (Å²) in [5.74, 6) is -1.19. The standard InChI is InChI=1S/C23H31IO7Si/c1-12-11-14(25)17-18(26)16-15(10-9-13(24)19(16)28-5)30-23(17,21(27)29-6)20(12)31-32(7,8)22(2,3)4/h9-10,12,20,26H,11H2,1-8H3/t12-,20-,23+/m1/s1. The van der Waals surface area contributed by atoms with Crippen LogP contribution < -0.4 is 9.47 Å². The lowest BCUT2D eigenvalue weighted by atomic mass is 9.69. The van der Waals surface area contributed by atoms with Gasteiger partial charge in [-0.3, -0.25) is 4.79 Å². The molecule has 3 rings (SSSR count). The largest absolute Gasteiger partial charge is 0.506 e. The second-order valence-corrected chi connectivity index (χ2v) is 15.8. The zero-order chi connectivity index (χ0) is 24.2. The summed E-state index contributed by atoms with van der Waals surface area (Å²) in [4.78, 5) is 26.7. The molecule has 1 aromatic carbocycles. The van der Waals surface area contributed by atoms with Crippen LogP contribution in [0.3, 0.4) is 0 Å². The molecule has 0 bridgehead atoms. The van der Waals surface area contributed by atoms with E-state index >= 15 is 0 Å². The average Bonchev–Trinajstić information content (AvgIpc) is 2.69. The fourth-order valence-corrected chi connectivity index (χ4v) is 6.18. The molecule has 2 aliphatic rings. The van der Waals surface area contributed by atoms with Gasteiger partial charge in [0.05, 0.1) is 23.4 Å². The number of aliphatic hydroxyl groups excluding tert-OH is 1. The Bertz CT molecular complexity index is 995. The number of ether oxygens (including phenoxy) is 3. The minimum Gasteiger partial charge on any atom is -0.506 e. The Morgan fingerprint density at radius 3 is 2.44 bits per heavy atom. The van der Waals surface area contributed by atoms with Crippen LogP contribution in [0.5, 0.6) is 11.5 Å². The molecular formula is C23H31IO7Si. The highest BCUT2D eigenvalue weighted by Gasteiger charge is 2.65. The van der Waals surface area contributed by atoms with E-state index < -0.39 is 26.0 Å². The van der Waals surface area contributed by atoms with Crippen molar-refractivity contribution < 1.29 is 33.3 Å². The van der Waals surface area contributed by atoms with Gasteiger partial charge in [0.1, 0.15) is 28.9 Å². The number of halogens is 1. The molecule has 9 heteroatoms. The molecule has 176 valence electrons. The molecule has 0 spiro atoms. The predicted octanol–water partition coefficient (Wildman–Crippen LogP) is 4.87. The van der Waals surface area contributed by atoms with Gasteiger partial charge in [-0.2, -0.15) is 0 Å². The Morgan fingerprint density at radius 2 is 1.91 bits per heavy atom. The van der Waals surface area contributed by atoms with Gasteiger partial charge in [0, 0.05) is 6.42 Å². The first-order valence-electron chi connectivity index (χ1n) is 10.5. The van der Waals surface area contributed by atoms with Crippen LogP contribution >= 0.6 is 22.6 Å². The minimum atomic E-state index is -2.41. The fourth-order valence-electron chi connectivity index (χ4n) is 4.12.